The fourth-order valence-electron chi connectivity index (χ4n) is 2.60. The van der Waals surface area contributed by atoms with E-state index in [1.807, 2.05) is 4.90 Å². The topological polar surface area (TPSA) is 65.2 Å². The van der Waals surface area contributed by atoms with Crippen LogP contribution in [-0.4, -0.2) is 41.5 Å². The van der Waals surface area contributed by atoms with Crippen LogP contribution in [0.5, 0.6) is 0 Å². The highest BCUT2D eigenvalue weighted by Gasteiger charge is 2.23. The predicted molar refractivity (Wildman–Crippen MR) is 78.8 cm³/mol. The van der Waals surface area contributed by atoms with Crippen LogP contribution in [0.15, 0.2) is 23.0 Å². The van der Waals surface area contributed by atoms with E-state index in [2.05, 4.69) is 24.1 Å². The molecule has 1 aromatic rings. The molecule has 0 aromatic carbocycles. The lowest BCUT2D eigenvalue weighted by atomic mass is 10.1. The van der Waals surface area contributed by atoms with Gasteiger partial charge in [0.15, 0.2) is 0 Å². The number of nitrogens with zero attached hydrogens (tertiary/aromatic N) is 1. The summed E-state index contributed by atoms with van der Waals surface area (Å²) in [6, 6.07) is 5.07. The van der Waals surface area contributed by atoms with Gasteiger partial charge < -0.3 is 15.2 Å². The lowest BCUT2D eigenvalue weighted by molar-refractivity contribution is 0.0715. The second-order valence-corrected chi connectivity index (χ2v) is 5.83. The first kappa shape index (κ1) is 14.8. The molecule has 1 saturated heterocycles. The van der Waals surface area contributed by atoms with Crippen LogP contribution in [0, 0.1) is 5.92 Å². The molecule has 0 aliphatic carbocycles. The van der Waals surface area contributed by atoms with E-state index < -0.39 is 0 Å². The molecule has 1 unspecified atom stereocenters. The molecule has 2 N–H and O–H groups in total. The summed E-state index contributed by atoms with van der Waals surface area (Å²) in [4.78, 5) is 28.4. The molecule has 1 aliphatic heterocycles. The van der Waals surface area contributed by atoms with Gasteiger partial charge in [-0.05, 0) is 31.4 Å². The minimum absolute atomic E-state index is 0.0925. The Labute approximate surface area is 119 Å². The maximum Gasteiger partial charge on any atom is 0.270 e. The molecule has 2 heterocycles. The first-order valence-corrected chi connectivity index (χ1v) is 7.28. The van der Waals surface area contributed by atoms with Gasteiger partial charge in [-0.25, -0.2) is 0 Å². The van der Waals surface area contributed by atoms with E-state index >= 15 is 0 Å². The molecule has 5 nitrogen and oxygen atoms in total. The third-order valence-corrected chi connectivity index (χ3v) is 3.47. The molecule has 0 saturated carbocycles. The van der Waals surface area contributed by atoms with Crippen molar-refractivity contribution in [3.05, 3.63) is 34.2 Å². The fraction of sp³-hybridized carbons (Fsp3) is 0.600. The monoisotopic (exact) mass is 277 g/mol. The SMILES string of the molecule is CC(C)CN(CC1CCCN1)C(=O)c1cccc(=O)[nH]1. The molecular formula is C15H23N3O2. The molecule has 0 radical (unpaired) electrons. The summed E-state index contributed by atoms with van der Waals surface area (Å²) in [5, 5.41) is 3.41. The third kappa shape index (κ3) is 3.93. The highest BCUT2D eigenvalue weighted by molar-refractivity contribution is 5.92. The summed E-state index contributed by atoms with van der Waals surface area (Å²) < 4.78 is 0. The standard InChI is InChI=1S/C15H23N3O2/c1-11(2)9-18(10-12-5-4-8-16-12)15(20)13-6-3-7-14(19)17-13/h3,6-7,11-12,16H,4-5,8-10H2,1-2H3,(H,17,19). The molecule has 1 fully saturated rings. The Hall–Kier alpha value is -1.62. The van der Waals surface area contributed by atoms with Crippen LogP contribution in [0.25, 0.3) is 0 Å². The molecule has 110 valence electrons. The van der Waals surface area contributed by atoms with Gasteiger partial charge in [0.05, 0.1) is 0 Å². The van der Waals surface area contributed by atoms with E-state index in [0.717, 1.165) is 19.4 Å². The Morgan fingerprint density at radius 2 is 2.25 bits per heavy atom. The average molecular weight is 277 g/mol. The van der Waals surface area contributed by atoms with E-state index in [1.54, 1.807) is 12.1 Å². The summed E-state index contributed by atoms with van der Waals surface area (Å²) in [5.41, 5.74) is 0.135. The Bertz CT molecular complexity index is 504. The van der Waals surface area contributed by atoms with Crippen LogP contribution in [0.2, 0.25) is 0 Å². The first-order chi connectivity index (χ1) is 9.56. The zero-order valence-electron chi connectivity index (χ0n) is 12.2. The molecule has 0 spiro atoms. The van der Waals surface area contributed by atoms with Crippen molar-refractivity contribution in [1.29, 1.82) is 0 Å². The zero-order valence-corrected chi connectivity index (χ0v) is 12.2. The molecule has 1 aliphatic rings. The van der Waals surface area contributed by atoms with E-state index in [-0.39, 0.29) is 11.5 Å². The lowest BCUT2D eigenvalue weighted by Gasteiger charge is -2.27. The Balaban J connectivity index is 2.12. The quantitative estimate of drug-likeness (QED) is 0.850. The van der Waals surface area contributed by atoms with Gasteiger partial charge in [-0.15, -0.1) is 0 Å². The summed E-state index contributed by atoms with van der Waals surface area (Å²) in [5.74, 6) is 0.306. The second-order valence-electron chi connectivity index (χ2n) is 5.83. The first-order valence-electron chi connectivity index (χ1n) is 7.28. The van der Waals surface area contributed by atoms with Gasteiger partial charge in [0, 0.05) is 25.2 Å². The second kappa shape index (κ2) is 6.70. The van der Waals surface area contributed by atoms with Crippen LogP contribution in [0.1, 0.15) is 37.2 Å². The zero-order chi connectivity index (χ0) is 14.5. The molecule has 1 atom stereocenters. The van der Waals surface area contributed by atoms with Crippen molar-refractivity contribution in [1.82, 2.24) is 15.2 Å². The number of rotatable bonds is 5. The Kier molecular flexibility index (Phi) is 4.95. The number of pyridine rings is 1. The molecule has 2 rings (SSSR count). The molecular weight excluding hydrogens is 254 g/mol. The number of H-pyrrole nitrogens is 1. The van der Waals surface area contributed by atoms with Crippen molar-refractivity contribution >= 4 is 5.91 Å². The van der Waals surface area contributed by atoms with Crippen LogP contribution in [0.3, 0.4) is 0 Å². The van der Waals surface area contributed by atoms with E-state index in [4.69, 9.17) is 0 Å². The van der Waals surface area contributed by atoms with Gasteiger partial charge in [-0.2, -0.15) is 0 Å². The van der Waals surface area contributed by atoms with Gasteiger partial charge in [0.1, 0.15) is 5.69 Å². The van der Waals surface area contributed by atoms with Crippen molar-refractivity contribution in [2.45, 2.75) is 32.7 Å². The van der Waals surface area contributed by atoms with Crippen molar-refractivity contribution in [2.75, 3.05) is 19.6 Å². The fourth-order valence-corrected chi connectivity index (χ4v) is 2.60. The van der Waals surface area contributed by atoms with E-state index in [9.17, 15) is 9.59 Å². The van der Waals surface area contributed by atoms with Gasteiger partial charge in [-0.3, -0.25) is 9.59 Å². The number of hydrogen-bond donors (Lipinski definition) is 2. The number of aromatic nitrogens is 1. The van der Waals surface area contributed by atoms with Crippen LogP contribution in [0.4, 0.5) is 0 Å². The van der Waals surface area contributed by atoms with Crippen molar-refractivity contribution in [3.63, 3.8) is 0 Å². The van der Waals surface area contributed by atoms with Gasteiger partial charge in [0.2, 0.25) is 5.56 Å². The Morgan fingerprint density at radius 3 is 2.85 bits per heavy atom. The van der Waals surface area contributed by atoms with E-state index in [0.29, 0.717) is 30.7 Å². The maximum atomic E-state index is 12.5. The number of amides is 1. The largest absolute Gasteiger partial charge is 0.336 e. The minimum Gasteiger partial charge on any atom is -0.336 e. The van der Waals surface area contributed by atoms with Gasteiger partial charge in [0.25, 0.3) is 5.91 Å². The predicted octanol–water partition coefficient (Wildman–Crippen LogP) is 1.23. The number of nitrogens with one attached hydrogen (secondary N) is 2. The highest BCUT2D eigenvalue weighted by Crippen LogP contribution is 2.11. The van der Waals surface area contributed by atoms with Crippen LogP contribution in [-0.2, 0) is 0 Å². The molecule has 1 aromatic heterocycles. The minimum atomic E-state index is -0.237. The van der Waals surface area contributed by atoms with Gasteiger partial charge >= 0.3 is 0 Å². The number of aromatic amines is 1. The van der Waals surface area contributed by atoms with Gasteiger partial charge in [-0.1, -0.05) is 19.9 Å². The van der Waals surface area contributed by atoms with E-state index in [1.165, 1.54) is 6.07 Å². The Morgan fingerprint density at radius 1 is 1.45 bits per heavy atom. The molecule has 20 heavy (non-hydrogen) atoms. The summed E-state index contributed by atoms with van der Waals surface area (Å²) in [7, 11) is 0. The third-order valence-electron chi connectivity index (χ3n) is 3.47. The summed E-state index contributed by atoms with van der Waals surface area (Å²) >= 11 is 0. The maximum absolute atomic E-state index is 12.5. The average Bonchev–Trinajstić information content (AvgIpc) is 2.89. The molecule has 1 amide bonds. The van der Waals surface area contributed by atoms with Crippen molar-refractivity contribution < 1.29 is 4.79 Å². The number of carbonyl (C=O) groups excluding carboxylic acids is 1. The molecule has 5 heteroatoms. The number of carbonyl (C=O) groups is 1. The summed E-state index contributed by atoms with van der Waals surface area (Å²) in [6.45, 7) is 6.62. The lowest BCUT2D eigenvalue weighted by Crippen LogP contribution is -2.43. The van der Waals surface area contributed by atoms with Crippen LogP contribution < -0.4 is 10.9 Å². The number of hydrogen-bond acceptors (Lipinski definition) is 3. The normalized spacial score (nSPS) is 18.4. The van der Waals surface area contributed by atoms with Crippen molar-refractivity contribution in [2.24, 2.45) is 5.92 Å². The smallest absolute Gasteiger partial charge is 0.270 e. The van der Waals surface area contributed by atoms with Crippen molar-refractivity contribution in [3.8, 4) is 0 Å². The molecule has 0 bridgehead atoms. The van der Waals surface area contributed by atoms with Crippen LogP contribution >= 0.6 is 0 Å². The highest BCUT2D eigenvalue weighted by atomic mass is 16.2. The summed E-state index contributed by atoms with van der Waals surface area (Å²) in [6.07, 6.45) is 2.27.